The molecule has 0 aliphatic heterocycles. The molecule has 0 spiro atoms. The van der Waals surface area contributed by atoms with Gasteiger partial charge >= 0.3 is 0 Å². The summed E-state index contributed by atoms with van der Waals surface area (Å²) in [4.78, 5) is 4.39. The maximum atomic E-state index is 5.52. The third-order valence-electron chi connectivity index (χ3n) is 2.21. The molecule has 0 radical (unpaired) electrons. The van der Waals surface area contributed by atoms with Crippen molar-refractivity contribution in [2.45, 2.75) is 26.9 Å². The summed E-state index contributed by atoms with van der Waals surface area (Å²) < 4.78 is 2.04. The molecule has 0 saturated carbocycles. The van der Waals surface area contributed by atoms with E-state index in [9.17, 15) is 0 Å². The minimum absolute atomic E-state index is 0.476. The van der Waals surface area contributed by atoms with Crippen LogP contribution in [0.25, 0.3) is 11.5 Å². The first kappa shape index (κ1) is 10.3. The van der Waals surface area contributed by atoms with Gasteiger partial charge in [-0.15, -0.1) is 21.5 Å². The summed E-state index contributed by atoms with van der Waals surface area (Å²) in [5.74, 6) is 1.74. The van der Waals surface area contributed by atoms with Crippen LogP contribution < -0.4 is 5.73 Å². The zero-order chi connectivity index (χ0) is 10.8. The van der Waals surface area contributed by atoms with E-state index < -0.39 is 0 Å². The van der Waals surface area contributed by atoms with Crippen LogP contribution in [0.5, 0.6) is 0 Å². The van der Waals surface area contributed by atoms with Crippen LogP contribution in [-0.4, -0.2) is 19.7 Å². The fraction of sp³-hybridized carbons (Fsp3) is 0.444. The molecule has 2 N–H and O–H groups in total. The molecule has 5 nitrogen and oxygen atoms in total. The Morgan fingerprint density at radius 1 is 1.47 bits per heavy atom. The molecular weight excluding hydrogens is 210 g/mol. The highest BCUT2D eigenvalue weighted by Crippen LogP contribution is 2.20. The van der Waals surface area contributed by atoms with E-state index in [0.29, 0.717) is 6.54 Å². The van der Waals surface area contributed by atoms with Crippen molar-refractivity contribution < 1.29 is 0 Å². The van der Waals surface area contributed by atoms with Crippen molar-refractivity contribution in [1.29, 1.82) is 0 Å². The Morgan fingerprint density at radius 2 is 2.27 bits per heavy atom. The summed E-state index contributed by atoms with van der Waals surface area (Å²) in [6.07, 6.45) is 0. The largest absolute Gasteiger partial charge is 0.325 e. The average Bonchev–Trinajstić information content (AvgIpc) is 2.83. The van der Waals surface area contributed by atoms with Crippen molar-refractivity contribution in [2.75, 3.05) is 0 Å². The van der Waals surface area contributed by atoms with Gasteiger partial charge in [0.1, 0.15) is 16.5 Å². The van der Waals surface area contributed by atoms with Crippen LogP contribution in [0.4, 0.5) is 0 Å². The first-order chi connectivity index (χ1) is 7.26. The maximum Gasteiger partial charge on any atom is 0.183 e. The van der Waals surface area contributed by atoms with Crippen LogP contribution in [0.15, 0.2) is 5.38 Å². The second-order valence-electron chi connectivity index (χ2n) is 3.15. The van der Waals surface area contributed by atoms with Gasteiger partial charge in [0.2, 0.25) is 0 Å². The summed E-state index contributed by atoms with van der Waals surface area (Å²) in [7, 11) is 0. The number of thiazole rings is 1. The molecule has 2 aromatic rings. The third-order valence-corrected chi connectivity index (χ3v) is 3.08. The number of aryl methyl sites for hydroxylation is 1. The van der Waals surface area contributed by atoms with E-state index in [1.807, 2.05) is 16.9 Å². The maximum absolute atomic E-state index is 5.52. The summed E-state index contributed by atoms with van der Waals surface area (Å²) in [5, 5.41) is 11.1. The number of hydrogen-bond donors (Lipinski definition) is 1. The minimum Gasteiger partial charge on any atom is -0.325 e. The first-order valence-electron chi connectivity index (χ1n) is 4.81. The SMILES string of the molecule is CCn1c(C)nnc1-c1csc(CN)n1. The van der Waals surface area contributed by atoms with Crippen molar-refractivity contribution in [2.24, 2.45) is 5.73 Å². The lowest BCUT2D eigenvalue weighted by Crippen LogP contribution is -2.00. The molecule has 0 fully saturated rings. The lowest BCUT2D eigenvalue weighted by Gasteiger charge is -2.01. The van der Waals surface area contributed by atoms with Gasteiger partial charge in [0.05, 0.1) is 0 Å². The quantitative estimate of drug-likeness (QED) is 0.848. The van der Waals surface area contributed by atoms with Gasteiger partial charge in [-0.1, -0.05) is 0 Å². The second-order valence-corrected chi connectivity index (χ2v) is 4.09. The second kappa shape index (κ2) is 4.08. The van der Waals surface area contributed by atoms with E-state index >= 15 is 0 Å². The zero-order valence-electron chi connectivity index (χ0n) is 8.77. The summed E-state index contributed by atoms with van der Waals surface area (Å²) >= 11 is 1.56. The molecule has 2 aromatic heterocycles. The Kier molecular flexibility index (Phi) is 2.79. The third kappa shape index (κ3) is 1.78. The minimum atomic E-state index is 0.476. The van der Waals surface area contributed by atoms with Gasteiger partial charge in [0, 0.05) is 18.5 Å². The Bertz CT molecular complexity index is 459. The summed E-state index contributed by atoms with van der Waals surface area (Å²) in [6, 6.07) is 0. The predicted molar refractivity (Wildman–Crippen MR) is 59.4 cm³/mol. The smallest absolute Gasteiger partial charge is 0.183 e. The predicted octanol–water partition coefficient (Wildman–Crippen LogP) is 1.19. The lowest BCUT2D eigenvalue weighted by molar-refractivity contribution is 0.735. The van der Waals surface area contributed by atoms with Crippen molar-refractivity contribution in [3.8, 4) is 11.5 Å². The van der Waals surface area contributed by atoms with Gasteiger partial charge in [-0.2, -0.15) is 0 Å². The monoisotopic (exact) mass is 223 g/mol. The van der Waals surface area contributed by atoms with Crippen LogP contribution in [0.2, 0.25) is 0 Å². The lowest BCUT2D eigenvalue weighted by atomic mass is 10.4. The Balaban J connectivity index is 2.44. The molecule has 0 bridgehead atoms. The molecule has 0 aliphatic carbocycles. The first-order valence-corrected chi connectivity index (χ1v) is 5.68. The average molecular weight is 223 g/mol. The number of aromatic nitrogens is 4. The fourth-order valence-corrected chi connectivity index (χ4v) is 2.11. The molecule has 6 heteroatoms. The van der Waals surface area contributed by atoms with E-state index in [4.69, 9.17) is 5.73 Å². The summed E-state index contributed by atoms with van der Waals surface area (Å²) in [6.45, 7) is 5.33. The van der Waals surface area contributed by atoms with Gasteiger partial charge in [-0.05, 0) is 13.8 Å². The fourth-order valence-electron chi connectivity index (χ4n) is 1.46. The van der Waals surface area contributed by atoms with Crippen LogP contribution in [0.1, 0.15) is 17.8 Å². The number of rotatable bonds is 3. The molecule has 0 aromatic carbocycles. The van der Waals surface area contributed by atoms with E-state index in [1.165, 1.54) is 0 Å². The normalized spacial score (nSPS) is 10.9. The van der Waals surface area contributed by atoms with E-state index in [0.717, 1.165) is 28.9 Å². The molecule has 0 unspecified atom stereocenters. The van der Waals surface area contributed by atoms with Crippen LogP contribution in [0, 0.1) is 6.92 Å². The molecule has 0 atom stereocenters. The standard InChI is InChI=1S/C9H13N5S/c1-3-14-6(2)12-13-9(14)7-5-15-8(4-10)11-7/h5H,3-4,10H2,1-2H3. The zero-order valence-corrected chi connectivity index (χ0v) is 9.58. The van der Waals surface area contributed by atoms with E-state index in [1.54, 1.807) is 11.3 Å². The molecule has 0 aliphatic rings. The Labute approximate surface area is 92.0 Å². The van der Waals surface area contributed by atoms with Gasteiger partial charge in [-0.3, -0.25) is 0 Å². The van der Waals surface area contributed by atoms with Crippen molar-refractivity contribution in [1.82, 2.24) is 19.7 Å². The van der Waals surface area contributed by atoms with Gasteiger partial charge in [0.15, 0.2) is 5.82 Å². The van der Waals surface area contributed by atoms with Crippen LogP contribution >= 0.6 is 11.3 Å². The van der Waals surface area contributed by atoms with Crippen molar-refractivity contribution in [3.63, 3.8) is 0 Å². The molecule has 0 amide bonds. The molecule has 2 rings (SSSR count). The molecular formula is C9H13N5S. The number of nitrogens with two attached hydrogens (primary N) is 1. The molecule has 0 saturated heterocycles. The van der Waals surface area contributed by atoms with Crippen LogP contribution in [0.3, 0.4) is 0 Å². The van der Waals surface area contributed by atoms with E-state index in [2.05, 4.69) is 22.1 Å². The van der Waals surface area contributed by atoms with E-state index in [-0.39, 0.29) is 0 Å². The highest BCUT2D eigenvalue weighted by atomic mass is 32.1. The van der Waals surface area contributed by atoms with Gasteiger partial charge in [-0.25, -0.2) is 4.98 Å². The van der Waals surface area contributed by atoms with Crippen molar-refractivity contribution in [3.05, 3.63) is 16.2 Å². The van der Waals surface area contributed by atoms with Gasteiger partial charge < -0.3 is 10.3 Å². The number of nitrogens with zero attached hydrogens (tertiary/aromatic N) is 4. The van der Waals surface area contributed by atoms with Crippen molar-refractivity contribution >= 4 is 11.3 Å². The highest BCUT2D eigenvalue weighted by Gasteiger charge is 2.12. The van der Waals surface area contributed by atoms with Crippen LogP contribution in [-0.2, 0) is 13.1 Å². The Hall–Kier alpha value is -1.27. The van der Waals surface area contributed by atoms with Gasteiger partial charge in [0.25, 0.3) is 0 Å². The highest BCUT2D eigenvalue weighted by molar-refractivity contribution is 7.09. The Morgan fingerprint density at radius 3 is 2.87 bits per heavy atom. The number of hydrogen-bond acceptors (Lipinski definition) is 5. The summed E-state index contributed by atoms with van der Waals surface area (Å²) in [5.41, 5.74) is 6.39. The molecule has 80 valence electrons. The molecule has 15 heavy (non-hydrogen) atoms. The topological polar surface area (TPSA) is 69.6 Å². The molecule has 2 heterocycles.